The van der Waals surface area contributed by atoms with Crippen molar-refractivity contribution in [1.82, 2.24) is 4.90 Å². The number of hydrogen-bond donors (Lipinski definition) is 1. The van der Waals surface area contributed by atoms with Crippen LogP contribution >= 0.6 is 0 Å². The molecule has 2 aliphatic heterocycles. The Labute approximate surface area is 165 Å². The zero-order chi connectivity index (χ0) is 19.4. The third-order valence-corrected chi connectivity index (χ3v) is 6.08. The van der Waals surface area contributed by atoms with Gasteiger partial charge in [0.1, 0.15) is 12.4 Å². The average molecular weight is 381 g/mol. The second kappa shape index (κ2) is 8.33. The molecule has 1 atom stereocenters. The minimum atomic E-state index is -0.672. The van der Waals surface area contributed by atoms with E-state index in [0.717, 1.165) is 37.2 Å². The van der Waals surface area contributed by atoms with E-state index in [0.29, 0.717) is 26.4 Å². The topological polar surface area (TPSA) is 59.0 Å². The fourth-order valence-electron chi connectivity index (χ4n) is 4.51. The molecular formula is C23H27NO4. The molecule has 2 fully saturated rings. The lowest BCUT2D eigenvalue weighted by atomic mass is 9.72. The number of benzene rings is 2. The third kappa shape index (κ3) is 4.21. The van der Waals surface area contributed by atoms with E-state index in [4.69, 9.17) is 9.47 Å². The Hall–Kier alpha value is -2.37. The largest absolute Gasteiger partial charge is 0.489 e. The van der Waals surface area contributed by atoms with E-state index in [2.05, 4.69) is 17.0 Å². The van der Waals surface area contributed by atoms with Crippen LogP contribution in [0.2, 0.25) is 0 Å². The van der Waals surface area contributed by atoms with E-state index in [-0.39, 0.29) is 11.3 Å². The summed E-state index contributed by atoms with van der Waals surface area (Å²) in [4.78, 5) is 14.1. The van der Waals surface area contributed by atoms with Crippen molar-refractivity contribution in [3.05, 3.63) is 65.7 Å². The van der Waals surface area contributed by atoms with Crippen molar-refractivity contribution in [2.24, 2.45) is 11.3 Å². The summed E-state index contributed by atoms with van der Waals surface area (Å²) in [7, 11) is 0. The molecule has 0 bridgehead atoms. The van der Waals surface area contributed by atoms with Crippen molar-refractivity contribution in [2.75, 3.05) is 26.3 Å². The van der Waals surface area contributed by atoms with Gasteiger partial charge in [-0.25, -0.2) is 0 Å². The maximum atomic E-state index is 11.8. The summed E-state index contributed by atoms with van der Waals surface area (Å²) in [5, 5.41) is 9.72. The lowest BCUT2D eigenvalue weighted by molar-refractivity contribution is -0.147. The van der Waals surface area contributed by atoms with Crippen LogP contribution in [0.3, 0.4) is 0 Å². The molecular weight excluding hydrogens is 354 g/mol. The molecule has 2 heterocycles. The van der Waals surface area contributed by atoms with Gasteiger partial charge in [-0.05, 0) is 36.1 Å². The number of carboxylic acid groups (broad SMARTS) is 1. The number of nitrogens with zero attached hydrogens (tertiary/aromatic N) is 1. The summed E-state index contributed by atoms with van der Waals surface area (Å²) in [6.07, 6.45) is 1.68. The van der Waals surface area contributed by atoms with Gasteiger partial charge in [0.05, 0.1) is 5.92 Å². The van der Waals surface area contributed by atoms with Crippen molar-refractivity contribution in [3.8, 4) is 5.75 Å². The van der Waals surface area contributed by atoms with Gasteiger partial charge in [0.2, 0.25) is 0 Å². The number of rotatable bonds is 6. The highest BCUT2D eigenvalue weighted by Crippen LogP contribution is 2.44. The fourth-order valence-corrected chi connectivity index (χ4v) is 4.51. The summed E-state index contributed by atoms with van der Waals surface area (Å²) >= 11 is 0. The zero-order valence-electron chi connectivity index (χ0n) is 16.0. The lowest BCUT2D eigenvalue weighted by Gasteiger charge is -2.36. The van der Waals surface area contributed by atoms with E-state index in [1.165, 1.54) is 5.56 Å². The molecule has 1 N–H and O–H groups in total. The molecule has 2 aromatic rings. The predicted molar refractivity (Wildman–Crippen MR) is 106 cm³/mol. The maximum absolute atomic E-state index is 11.8. The molecule has 1 spiro atoms. The smallest absolute Gasteiger partial charge is 0.308 e. The van der Waals surface area contributed by atoms with Crippen molar-refractivity contribution >= 4 is 5.97 Å². The number of aliphatic carboxylic acids is 1. The highest BCUT2D eigenvalue weighted by molar-refractivity contribution is 5.72. The van der Waals surface area contributed by atoms with E-state index >= 15 is 0 Å². The lowest BCUT2D eigenvalue weighted by Crippen LogP contribution is -2.40. The van der Waals surface area contributed by atoms with Gasteiger partial charge < -0.3 is 14.6 Å². The number of carbonyl (C=O) groups is 1. The summed E-state index contributed by atoms with van der Waals surface area (Å²) in [5.74, 6) is -0.128. The molecule has 28 heavy (non-hydrogen) atoms. The monoisotopic (exact) mass is 381 g/mol. The van der Waals surface area contributed by atoms with Crippen LogP contribution in [0.5, 0.6) is 5.75 Å². The molecule has 0 aliphatic carbocycles. The van der Waals surface area contributed by atoms with Gasteiger partial charge in [0.15, 0.2) is 0 Å². The molecule has 2 aromatic carbocycles. The van der Waals surface area contributed by atoms with Crippen LogP contribution in [0.1, 0.15) is 24.0 Å². The highest BCUT2D eigenvalue weighted by Gasteiger charge is 2.50. The van der Waals surface area contributed by atoms with Gasteiger partial charge in [0.25, 0.3) is 0 Å². The van der Waals surface area contributed by atoms with Crippen LogP contribution in [-0.2, 0) is 22.7 Å². The summed E-state index contributed by atoms with van der Waals surface area (Å²) < 4.78 is 11.3. The van der Waals surface area contributed by atoms with Gasteiger partial charge in [-0.2, -0.15) is 0 Å². The van der Waals surface area contributed by atoms with E-state index in [1.807, 2.05) is 42.5 Å². The van der Waals surface area contributed by atoms with Gasteiger partial charge in [-0.15, -0.1) is 0 Å². The standard InChI is InChI=1S/C23H27NO4/c25-22(26)21-15-24(17-23(21)10-12-27-13-11-23)14-18-6-8-20(9-7-18)28-16-19-4-2-1-3-5-19/h1-9,21H,10-17H2,(H,25,26). The molecule has 0 aromatic heterocycles. The van der Waals surface area contributed by atoms with Crippen molar-refractivity contribution in [1.29, 1.82) is 0 Å². The molecule has 0 saturated carbocycles. The Bertz CT molecular complexity index is 784. The van der Waals surface area contributed by atoms with E-state index < -0.39 is 5.97 Å². The summed E-state index contributed by atoms with van der Waals surface area (Å²) in [6.45, 7) is 4.11. The Morgan fingerprint density at radius 2 is 1.79 bits per heavy atom. The average Bonchev–Trinajstić information content (AvgIpc) is 3.06. The third-order valence-electron chi connectivity index (χ3n) is 6.08. The SMILES string of the molecule is O=C(O)C1CN(Cc2ccc(OCc3ccccc3)cc2)CC12CCOCC2. The van der Waals surface area contributed by atoms with Crippen LogP contribution < -0.4 is 4.74 Å². The van der Waals surface area contributed by atoms with E-state index in [9.17, 15) is 9.90 Å². The minimum Gasteiger partial charge on any atom is -0.489 e. The molecule has 2 aliphatic rings. The van der Waals surface area contributed by atoms with E-state index in [1.54, 1.807) is 0 Å². The molecule has 1 unspecified atom stereocenters. The Kier molecular flexibility index (Phi) is 5.64. The van der Waals surface area contributed by atoms with Crippen LogP contribution in [0.4, 0.5) is 0 Å². The highest BCUT2D eigenvalue weighted by atomic mass is 16.5. The number of ether oxygens (including phenoxy) is 2. The minimum absolute atomic E-state index is 0.136. The second-order valence-electron chi connectivity index (χ2n) is 7.95. The summed E-state index contributed by atoms with van der Waals surface area (Å²) in [5.41, 5.74) is 2.19. The van der Waals surface area contributed by atoms with Gasteiger partial charge >= 0.3 is 5.97 Å². The molecule has 148 valence electrons. The molecule has 0 radical (unpaired) electrons. The normalized spacial score (nSPS) is 21.6. The summed E-state index contributed by atoms with van der Waals surface area (Å²) in [6, 6.07) is 18.2. The quantitative estimate of drug-likeness (QED) is 0.829. The Morgan fingerprint density at radius 1 is 1.07 bits per heavy atom. The number of likely N-dealkylation sites (tertiary alicyclic amines) is 1. The van der Waals surface area contributed by atoms with Crippen LogP contribution in [-0.4, -0.2) is 42.3 Å². The van der Waals surface area contributed by atoms with Gasteiger partial charge in [-0.1, -0.05) is 42.5 Å². The first-order chi connectivity index (χ1) is 13.6. The first-order valence-electron chi connectivity index (χ1n) is 9.93. The van der Waals surface area contributed by atoms with Crippen molar-refractivity contribution in [2.45, 2.75) is 26.0 Å². The Balaban J connectivity index is 1.36. The number of carboxylic acids is 1. The maximum Gasteiger partial charge on any atom is 0.308 e. The molecule has 5 nitrogen and oxygen atoms in total. The second-order valence-corrected chi connectivity index (χ2v) is 7.95. The first kappa shape index (κ1) is 19.0. The molecule has 5 heteroatoms. The van der Waals surface area contributed by atoms with Crippen molar-refractivity contribution < 1.29 is 19.4 Å². The zero-order valence-corrected chi connectivity index (χ0v) is 16.0. The first-order valence-corrected chi connectivity index (χ1v) is 9.93. The fraction of sp³-hybridized carbons (Fsp3) is 0.435. The Morgan fingerprint density at radius 3 is 2.46 bits per heavy atom. The van der Waals surface area contributed by atoms with Crippen LogP contribution in [0.15, 0.2) is 54.6 Å². The van der Waals surface area contributed by atoms with Gasteiger partial charge in [-0.3, -0.25) is 9.69 Å². The number of hydrogen-bond acceptors (Lipinski definition) is 4. The van der Waals surface area contributed by atoms with Crippen molar-refractivity contribution in [3.63, 3.8) is 0 Å². The molecule has 0 amide bonds. The van der Waals surface area contributed by atoms with Crippen LogP contribution in [0, 0.1) is 11.3 Å². The van der Waals surface area contributed by atoms with Gasteiger partial charge in [0, 0.05) is 38.3 Å². The molecule has 2 saturated heterocycles. The predicted octanol–water partition coefficient (Wildman–Crippen LogP) is 3.58. The molecule has 4 rings (SSSR count). The van der Waals surface area contributed by atoms with Crippen LogP contribution in [0.25, 0.3) is 0 Å².